The minimum absolute atomic E-state index is 0.0329. The highest BCUT2D eigenvalue weighted by molar-refractivity contribution is 5.90. The standard InChI is InChI=1S/C27H30FN5O4/c1-17(34)31-10-8-18(9-11-31)21-12-20-15-36-14-19-6-5-7-23(28)22(19)13-32(26(35)37-27(2,3)4)25(20)33-16-29-30-24(21)33/h5-8,12,16H,9-11,13-15H2,1-4H3. The van der Waals surface area contributed by atoms with Crippen molar-refractivity contribution in [3.05, 3.63) is 64.7 Å². The molecule has 10 heteroatoms. The summed E-state index contributed by atoms with van der Waals surface area (Å²) in [5.74, 6) is 0.0820. The molecule has 0 aliphatic carbocycles. The molecule has 0 bridgehead atoms. The molecule has 1 aromatic carbocycles. The van der Waals surface area contributed by atoms with E-state index in [-0.39, 0.29) is 25.7 Å². The highest BCUT2D eigenvalue weighted by Crippen LogP contribution is 2.35. The van der Waals surface area contributed by atoms with Gasteiger partial charge in [0.05, 0.1) is 19.8 Å². The predicted octanol–water partition coefficient (Wildman–Crippen LogP) is 4.48. The van der Waals surface area contributed by atoms with Crippen molar-refractivity contribution in [3.8, 4) is 0 Å². The third-order valence-corrected chi connectivity index (χ3v) is 6.54. The van der Waals surface area contributed by atoms with Crippen LogP contribution in [-0.2, 0) is 34.0 Å². The summed E-state index contributed by atoms with van der Waals surface area (Å²) in [4.78, 5) is 28.6. The van der Waals surface area contributed by atoms with Gasteiger partial charge in [0.1, 0.15) is 23.6 Å². The lowest BCUT2D eigenvalue weighted by molar-refractivity contribution is -0.128. The highest BCUT2D eigenvalue weighted by atomic mass is 19.1. The maximum absolute atomic E-state index is 15.0. The monoisotopic (exact) mass is 507 g/mol. The summed E-state index contributed by atoms with van der Waals surface area (Å²) >= 11 is 0. The van der Waals surface area contributed by atoms with E-state index in [9.17, 15) is 9.59 Å². The van der Waals surface area contributed by atoms with Crippen LogP contribution in [0.3, 0.4) is 0 Å². The fraction of sp³-hybridized carbons (Fsp3) is 0.407. The average Bonchev–Trinajstić information content (AvgIpc) is 3.34. The first-order valence-corrected chi connectivity index (χ1v) is 12.3. The first-order valence-electron chi connectivity index (χ1n) is 12.3. The number of benzene rings is 1. The summed E-state index contributed by atoms with van der Waals surface area (Å²) in [6, 6.07) is 6.77. The normalized spacial score (nSPS) is 16.3. The summed E-state index contributed by atoms with van der Waals surface area (Å²) in [6.07, 6.45) is 3.62. The van der Waals surface area contributed by atoms with E-state index in [4.69, 9.17) is 9.47 Å². The van der Waals surface area contributed by atoms with Gasteiger partial charge in [-0.1, -0.05) is 18.2 Å². The van der Waals surface area contributed by atoms with Crippen LogP contribution in [-0.4, -0.2) is 50.2 Å². The van der Waals surface area contributed by atoms with Crippen LogP contribution in [0.15, 0.2) is 36.7 Å². The molecule has 0 saturated carbocycles. The summed E-state index contributed by atoms with van der Waals surface area (Å²) in [5.41, 5.74) is 3.45. The number of aromatic nitrogens is 3. The van der Waals surface area contributed by atoms with Gasteiger partial charge in [0.15, 0.2) is 5.65 Å². The van der Waals surface area contributed by atoms with Crippen LogP contribution >= 0.6 is 0 Å². The lowest BCUT2D eigenvalue weighted by Gasteiger charge is -2.30. The number of fused-ring (bicyclic) bond motifs is 4. The third-order valence-electron chi connectivity index (χ3n) is 6.54. The van der Waals surface area contributed by atoms with Crippen molar-refractivity contribution in [2.45, 2.75) is 59.5 Å². The molecule has 2 aromatic heterocycles. The minimum Gasteiger partial charge on any atom is -0.443 e. The van der Waals surface area contributed by atoms with Gasteiger partial charge in [-0.15, -0.1) is 10.2 Å². The molecule has 3 aromatic rings. The Morgan fingerprint density at radius 1 is 1.16 bits per heavy atom. The predicted molar refractivity (Wildman–Crippen MR) is 135 cm³/mol. The molecule has 0 radical (unpaired) electrons. The first kappa shape index (κ1) is 24.9. The van der Waals surface area contributed by atoms with Gasteiger partial charge >= 0.3 is 6.09 Å². The van der Waals surface area contributed by atoms with Crippen LogP contribution in [0.4, 0.5) is 15.0 Å². The molecule has 2 aliphatic rings. The molecule has 194 valence electrons. The van der Waals surface area contributed by atoms with Gasteiger partial charge in [0, 0.05) is 36.7 Å². The van der Waals surface area contributed by atoms with Gasteiger partial charge in [-0.3, -0.25) is 14.1 Å². The number of pyridine rings is 1. The molecule has 2 amide bonds. The van der Waals surface area contributed by atoms with E-state index in [0.29, 0.717) is 42.1 Å². The Balaban J connectivity index is 1.67. The van der Waals surface area contributed by atoms with Gasteiger partial charge in [-0.2, -0.15) is 0 Å². The van der Waals surface area contributed by atoms with Crippen molar-refractivity contribution in [1.82, 2.24) is 19.5 Å². The summed E-state index contributed by atoms with van der Waals surface area (Å²) < 4.78 is 28.5. The highest BCUT2D eigenvalue weighted by Gasteiger charge is 2.31. The Bertz CT molecular complexity index is 1410. The van der Waals surface area contributed by atoms with Gasteiger partial charge in [-0.05, 0) is 50.5 Å². The number of amides is 2. The maximum atomic E-state index is 15.0. The number of nitrogens with zero attached hydrogens (tertiary/aromatic N) is 5. The van der Waals surface area contributed by atoms with E-state index in [1.54, 1.807) is 55.5 Å². The van der Waals surface area contributed by atoms with Crippen molar-refractivity contribution < 1.29 is 23.5 Å². The maximum Gasteiger partial charge on any atom is 0.416 e. The first-order chi connectivity index (χ1) is 17.6. The molecule has 0 fully saturated rings. The minimum atomic E-state index is -0.758. The molecule has 5 rings (SSSR count). The molecule has 0 saturated heterocycles. The zero-order valence-electron chi connectivity index (χ0n) is 21.5. The second-order valence-corrected chi connectivity index (χ2v) is 10.3. The quantitative estimate of drug-likeness (QED) is 0.483. The van der Waals surface area contributed by atoms with Crippen molar-refractivity contribution >= 4 is 29.0 Å². The van der Waals surface area contributed by atoms with Crippen molar-refractivity contribution in [2.24, 2.45) is 0 Å². The Morgan fingerprint density at radius 2 is 1.95 bits per heavy atom. The number of hydrogen-bond donors (Lipinski definition) is 0. The topological polar surface area (TPSA) is 89.3 Å². The molecule has 0 unspecified atom stereocenters. The van der Waals surface area contributed by atoms with Crippen LogP contribution in [0.2, 0.25) is 0 Å². The zero-order chi connectivity index (χ0) is 26.3. The molecular formula is C27H30FN5O4. The zero-order valence-corrected chi connectivity index (χ0v) is 21.5. The Morgan fingerprint density at radius 3 is 2.65 bits per heavy atom. The molecular weight excluding hydrogens is 477 g/mol. The molecule has 0 atom stereocenters. The molecule has 9 nitrogen and oxygen atoms in total. The Kier molecular flexibility index (Phi) is 6.45. The molecule has 2 aliphatic heterocycles. The third kappa shape index (κ3) is 4.93. The van der Waals surface area contributed by atoms with Crippen molar-refractivity contribution in [2.75, 3.05) is 18.0 Å². The Hall–Kier alpha value is -3.79. The number of halogens is 1. The summed E-state index contributed by atoms with van der Waals surface area (Å²) in [6.45, 7) is 8.37. The van der Waals surface area contributed by atoms with Crippen LogP contribution in [0.25, 0.3) is 11.2 Å². The SMILES string of the molecule is CC(=O)N1CC=C(c2cc3c(n4cnnc24)N(C(=O)OC(C)(C)C)Cc2c(F)cccc2COC3)CC1. The van der Waals surface area contributed by atoms with Gasteiger partial charge in [0.25, 0.3) is 0 Å². The van der Waals surface area contributed by atoms with Crippen LogP contribution in [0.1, 0.15) is 56.4 Å². The average molecular weight is 508 g/mol. The fourth-order valence-electron chi connectivity index (χ4n) is 4.76. The largest absolute Gasteiger partial charge is 0.443 e. The van der Waals surface area contributed by atoms with Gasteiger partial charge < -0.3 is 14.4 Å². The second kappa shape index (κ2) is 9.59. The summed E-state index contributed by atoms with van der Waals surface area (Å²) in [5, 5.41) is 8.51. The molecule has 0 N–H and O–H groups in total. The number of carbonyl (C=O) groups is 2. The van der Waals surface area contributed by atoms with E-state index in [1.165, 1.54) is 11.0 Å². The van der Waals surface area contributed by atoms with Crippen molar-refractivity contribution in [3.63, 3.8) is 0 Å². The number of rotatable bonds is 1. The van der Waals surface area contributed by atoms with Crippen LogP contribution in [0, 0.1) is 5.82 Å². The van der Waals surface area contributed by atoms with E-state index in [2.05, 4.69) is 10.2 Å². The fourth-order valence-corrected chi connectivity index (χ4v) is 4.76. The van der Waals surface area contributed by atoms with Crippen LogP contribution in [0.5, 0.6) is 0 Å². The second-order valence-electron chi connectivity index (χ2n) is 10.3. The number of hydrogen-bond acceptors (Lipinski definition) is 6. The van der Waals surface area contributed by atoms with E-state index in [1.807, 2.05) is 12.1 Å². The Labute approximate surface area is 214 Å². The van der Waals surface area contributed by atoms with Gasteiger partial charge in [-0.25, -0.2) is 9.18 Å². The van der Waals surface area contributed by atoms with Crippen molar-refractivity contribution in [1.29, 1.82) is 0 Å². The molecule has 37 heavy (non-hydrogen) atoms. The van der Waals surface area contributed by atoms with E-state index < -0.39 is 17.5 Å². The summed E-state index contributed by atoms with van der Waals surface area (Å²) in [7, 11) is 0. The lowest BCUT2D eigenvalue weighted by atomic mass is 9.98. The van der Waals surface area contributed by atoms with E-state index in [0.717, 1.165) is 16.7 Å². The van der Waals surface area contributed by atoms with Crippen LogP contribution < -0.4 is 4.90 Å². The number of ether oxygens (including phenoxy) is 2. The molecule has 4 heterocycles. The van der Waals surface area contributed by atoms with E-state index >= 15 is 4.39 Å². The van der Waals surface area contributed by atoms with Gasteiger partial charge in [0.2, 0.25) is 5.91 Å². The smallest absolute Gasteiger partial charge is 0.416 e. The number of carbonyl (C=O) groups excluding carboxylic acids is 2. The lowest BCUT2D eigenvalue weighted by Crippen LogP contribution is -2.38. The molecule has 0 spiro atoms. The number of anilines is 1.